The maximum atomic E-state index is 3.55. The van der Waals surface area contributed by atoms with Gasteiger partial charge in [0.05, 0.1) is 0 Å². The smallest absolute Gasteiger partial charge is 0.0107 e. The number of nitrogens with zero attached hydrogens (tertiary/aromatic N) is 2. The third kappa shape index (κ3) is 8.58. The predicted octanol–water partition coefficient (Wildman–Crippen LogP) is 1.65. The van der Waals surface area contributed by atoms with E-state index in [1.165, 1.54) is 51.9 Å². The van der Waals surface area contributed by atoms with Gasteiger partial charge < -0.3 is 15.1 Å². The lowest BCUT2D eigenvalue weighted by Gasteiger charge is -2.21. The standard InChI is InChI=1S/C14H31N3/c1-4-10-17(13-14-6-7-14)12-9-15-8-5-11-16(2)3/h14-15H,4-13H2,1-3H3. The molecule has 102 valence electrons. The van der Waals surface area contributed by atoms with Crippen molar-refractivity contribution in [1.82, 2.24) is 15.1 Å². The lowest BCUT2D eigenvalue weighted by atomic mass is 10.3. The monoisotopic (exact) mass is 241 g/mol. The Morgan fingerprint density at radius 2 is 1.82 bits per heavy atom. The number of hydrogen-bond acceptors (Lipinski definition) is 3. The van der Waals surface area contributed by atoms with Crippen LogP contribution in [-0.2, 0) is 0 Å². The lowest BCUT2D eigenvalue weighted by Crippen LogP contribution is -2.35. The van der Waals surface area contributed by atoms with Crippen LogP contribution in [0, 0.1) is 5.92 Å². The summed E-state index contributed by atoms with van der Waals surface area (Å²) in [7, 11) is 4.28. The summed E-state index contributed by atoms with van der Waals surface area (Å²) in [5, 5.41) is 3.55. The molecule has 0 radical (unpaired) electrons. The van der Waals surface area contributed by atoms with E-state index in [2.05, 4.69) is 36.1 Å². The van der Waals surface area contributed by atoms with Crippen LogP contribution in [0.15, 0.2) is 0 Å². The molecule has 0 aromatic carbocycles. The van der Waals surface area contributed by atoms with E-state index in [-0.39, 0.29) is 0 Å². The third-order valence-electron chi connectivity index (χ3n) is 3.32. The van der Waals surface area contributed by atoms with Crippen LogP contribution in [0.3, 0.4) is 0 Å². The van der Waals surface area contributed by atoms with E-state index in [4.69, 9.17) is 0 Å². The largest absolute Gasteiger partial charge is 0.315 e. The molecular formula is C14H31N3. The molecule has 1 rings (SSSR count). The Hall–Kier alpha value is -0.120. The van der Waals surface area contributed by atoms with Gasteiger partial charge in [0, 0.05) is 19.6 Å². The summed E-state index contributed by atoms with van der Waals surface area (Å²) in [5.74, 6) is 1.02. The molecule has 0 aromatic rings. The lowest BCUT2D eigenvalue weighted by molar-refractivity contribution is 0.262. The SMILES string of the molecule is CCCN(CCNCCCN(C)C)CC1CC1. The van der Waals surface area contributed by atoms with Crippen molar-refractivity contribution in [2.24, 2.45) is 5.92 Å². The Bertz CT molecular complexity index is 178. The highest BCUT2D eigenvalue weighted by Crippen LogP contribution is 2.29. The molecule has 3 heteroatoms. The Balaban J connectivity index is 1.93. The molecule has 1 N–H and O–H groups in total. The van der Waals surface area contributed by atoms with Gasteiger partial charge in [-0.15, -0.1) is 0 Å². The summed E-state index contributed by atoms with van der Waals surface area (Å²) in [6.45, 7) is 9.62. The van der Waals surface area contributed by atoms with Gasteiger partial charge in [0.1, 0.15) is 0 Å². The van der Waals surface area contributed by atoms with Crippen molar-refractivity contribution in [2.75, 3.05) is 53.4 Å². The van der Waals surface area contributed by atoms with Gasteiger partial charge in [-0.1, -0.05) is 6.92 Å². The van der Waals surface area contributed by atoms with Crippen LogP contribution in [0.1, 0.15) is 32.6 Å². The molecule has 0 spiro atoms. The quantitative estimate of drug-likeness (QED) is 0.555. The Morgan fingerprint density at radius 1 is 1.06 bits per heavy atom. The van der Waals surface area contributed by atoms with Gasteiger partial charge in [-0.05, 0) is 65.3 Å². The average Bonchev–Trinajstić information content (AvgIpc) is 3.06. The average molecular weight is 241 g/mol. The maximum absolute atomic E-state index is 3.55. The summed E-state index contributed by atoms with van der Waals surface area (Å²) < 4.78 is 0. The fourth-order valence-corrected chi connectivity index (χ4v) is 2.16. The predicted molar refractivity (Wildman–Crippen MR) is 75.5 cm³/mol. The molecule has 1 saturated carbocycles. The Labute approximate surface area is 108 Å². The maximum Gasteiger partial charge on any atom is 0.0107 e. The molecule has 0 heterocycles. The van der Waals surface area contributed by atoms with Crippen molar-refractivity contribution >= 4 is 0 Å². The first kappa shape index (κ1) is 14.9. The molecule has 1 aliphatic rings. The van der Waals surface area contributed by atoms with Crippen molar-refractivity contribution in [1.29, 1.82) is 0 Å². The van der Waals surface area contributed by atoms with Crippen LogP contribution < -0.4 is 5.32 Å². The van der Waals surface area contributed by atoms with Crippen molar-refractivity contribution in [2.45, 2.75) is 32.6 Å². The van der Waals surface area contributed by atoms with Crippen molar-refractivity contribution < 1.29 is 0 Å². The molecule has 3 nitrogen and oxygen atoms in total. The van der Waals surface area contributed by atoms with Gasteiger partial charge in [0.2, 0.25) is 0 Å². The van der Waals surface area contributed by atoms with Gasteiger partial charge in [0.25, 0.3) is 0 Å². The zero-order chi connectivity index (χ0) is 12.5. The van der Waals surface area contributed by atoms with E-state index in [1.807, 2.05) is 0 Å². The molecule has 0 amide bonds. The van der Waals surface area contributed by atoms with Crippen molar-refractivity contribution in [3.63, 3.8) is 0 Å². The highest BCUT2D eigenvalue weighted by Gasteiger charge is 2.23. The van der Waals surface area contributed by atoms with Gasteiger partial charge in [0.15, 0.2) is 0 Å². The summed E-state index contributed by atoms with van der Waals surface area (Å²) in [5.41, 5.74) is 0. The van der Waals surface area contributed by atoms with Crippen molar-refractivity contribution in [3.05, 3.63) is 0 Å². The number of rotatable bonds is 11. The third-order valence-corrected chi connectivity index (χ3v) is 3.32. The first-order valence-electron chi connectivity index (χ1n) is 7.30. The van der Waals surface area contributed by atoms with Crippen LogP contribution >= 0.6 is 0 Å². The molecule has 1 fully saturated rings. The zero-order valence-electron chi connectivity index (χ0n) is 12.0. The molecule has 0 aliphatic heterocycles. The zero-order valence-corrected chi connectivity index (χ0v) is 12.0. The highest BCUT2D eigenvalue weighted by atomic mass is 15.1. The fourth-order valence-electron chi connectivity index (χ4n) is 2.16. The van der Waals surface area contributed by atoms with Gasteiger partial charge >= 0.3 is 0 Å². The van der Waals surface area contributed by atoms with E-state index in [0.717, 1.165) is 19.0 Å². The van der Waals surface area contributed by atoms with Gasteiger partial charge in [-0.2, -0.15) is 0 Å². The molecule has 0 aromatic heterocycles. The van der Waals surface area contributed by atoms with Gasteiger partial charge in [-0.25, -0.2) is 0 Å². The van der Waals surface area contributed by atoms with E-state index in [1.54, 1.807) is 0 Å². The minimum atomic E-state index is 1.02. The van der Waals surface area contributed by atoms with Crippen LogP contribution in [0.5, 0.6) is 0 Å². The first-order valence-corrected chi connectivity index (χ1v) is 7.30. The molecule has 0 bridgehead atoms. The highest BCUT2D eigenvalue weighted by molar-refractivity contribution is 4.77. The Kier molecular flexibility index (Phi) is 7.82. The van der Waals surface area contributed by atoms with Crippen LogP contribution in [0.4, 0.5) is 0 Å². The van der Waals surface area contributed by atoms with E-state index < -0.39 is 0 Å². The van der Waals surface area contributed by atoms with E-state index in [9.17, 15) is 0 Å². The molecule has 1 aliphatic carbocycles. The summed E-state index contributed by atoms with van der Waals surface area (Å²) in [6, 6.07) is 0. The molecule has 0 atom stereocenters. The van der Waals surface area contributed by atoms with E-state index >= 15 is 0 Å². The second-order valence-corrected chi connectivity index (χ2v) is 5.65. The normalized spacial score (nSPS) is 16.1. The topological polar surface area (TPSA) is 18.5 Å². The fraction of sp³-hybridized carbons (Fsp3) is 1.00. The second kappa shape index (κ2) is 8.90. The van der Waals surface area contributed by atoms with Crippen molar-refractivity contribution in [3.8, 4) is 0 Å². The molecule has 0 unspecified atom stereocenters. The summed E-state index contributed by atoms with van der Waals surface area (Å²) in [4.78, 5) is 4.88. The first-order chi connectivity index (χ1) is 8.22. The van der Waals surface area contributed by atoms with E-state index in [0.29, 0.717) is 0 Å². The number of nitrogens with one attached hydrogen (secondary N) is 1. The molecule has 0 saturated heterocycles. The summed E-state index contributed by atoms with van der Waals surface area (Å²) in [6.07, 6.45) is 5.48. The molecule has 17 heavy (non-hydrogen) atoms. The number of hydrogen-bond donors (Lipinski definition) is 1. The van der Waals surface area contributed by atoms with Gasteiger partial charge in [-0.3, -0.25) is 0 Å². The summed E-state index contributed by atoms with van der Waals surface area (Å²) >= 11 is 0. The minimum Gasteiger partial charge on any atom is -0.315 e. The van der Waals surface area contributed by atoms with Crippen LogP contribution in [-0.4, -0.2) is 63.2 Å². The van der Waals surface area contributed by atoms with Crippen LogP contribution in [0.2, 0.25) is 0 Å². The second-order valence-electron chi connectivity index (χ2n) is 5.65. The molecular weight excluding hydrogens is 210 g/mol. The minimum absolute atomic E-state index is 1.02. The Morgan fingerprint density at radius 3 is 2.41 bits per heavy atom. The van der Waals surface area contributed by atoms with Crippen LogP contribution in [0.25, 0.3) is 0 Å².